The number of nitrogens with one attached hydrogen (secondary N) is 3. The number of methoxy groups -OCH3 is 1. The van der Waals surface area contributed by atoms with Crippen LogP contribution in [0.2, 0.25) is 0 Å². The van der Waals surface area contributed by atoms with Gasteiger partial charge in [0.15, 0.2) is 18.6 Å². The molecule has 3 N–H and O–H groups in total. The molecule has 3 aromatic rings. The fourth-order valence-electron chi connectivity index (χ4n) is 3.81. The summed E-state index contributed by atoms with van der Waals surface area (Å²) < 4.78 is 34.9. The number of benzene rings is 2. The number of nitriles is 1. The van der Waals surface area contributed by atoms with Gasteiger partial charge in [-0.05, 0) is 49.6 Å². The SMILES string of the molecule is COC(=O)C[n+]1ccc(NC(=NCc2ccc(NS(=O)(=O)c3c(C)cc(C)cc3C)cc2)NC#N)cc1. The van der Waals surface area contributed by atoms with Gasteiger partial charge in [0, 0.05) is 17.8 Å². The second-order valence-corrected chi connectivity index (χ2v) is 10.0. The maximum atomic E-state index is 13.0. The van der Waals surface area contributed by atoms with E-state index in [1.807, 2.05) is 25.2 Å². The first kappa shape index (κ1) is 27.2. The molecule has 0 spiro atoms. The molecule has 0 bridgehead atoms. The van der Waals surface area contributed by atoms with E-state index in [1.165, 1.54) is 7.11 Å². The number of hydrogen-bond acceptors (Lipinski definition) is 6. The average Bonchev–Trinajstić information content (AvgIpc) is 2.83. The summed E-state index contributed by atoms with van der Waals surface area (Å²) in [5, 5.41) is 14.6. The van der Waals surface area contributed by atoms with E-state index in [0.29, 0.717) is 22.5 Å². The molecule has 0 atom stereocenters. The number of guanidine groups is 1. The van der Waals surface area contributed by atoms with E-state index in [4.69, 9.17) is 5.26 Å². The Hall–Kier alpha value is -4.43. The van der Waals surface area contributed by atoms with Gasteiger partial charge in [-0.15, -0.1) is 0 Å². The van der Waals surface area contributed by atoms with Crippen LogP contribution < -0.4 is 19.9 Å². The standard InChI is InChI=1S/C26H28N6O4S/c1-18-13-19(2)25(20(3)14-18)37(34,35)31-23-7-5-21(6-8-23)15-28-26(29-17-27)30-22-9-11-32(12-10-22)16-24(33)36-4/h5-14,31H,15-16H2,1-4H3,(H,28,29)/p+1. The van der Waals surface area contributed by atoms with Gasteiger partial charge >= 0.3 is 5.97 Å². The Labute approximate surface area is 216 Å². The van der Waals surface area contributed by atoms with Crippen LogP contribution >= 0.6 is 0 Å². The minimum absolute atomic E-state index is 0.0879. The van der Waals surface area contributed by atoms with Crippen molar-refractivity contribution in [3.8, 4) is 6.19 Å². The van der Waals surface area contributed by atoms with Crippen LogP contribution in [-0.2, 0) is 32.6 Å². The van der Waals surface area contributed by atoms with Crippen LogP contribution in [0.4, 0.5) is 11.4 Å². The lowest BCUT2D eigenvalue weighted by atomic mass is 10.1. The number of carbonyl (C=O) groups is 1. The molecule has 11 heteroatoms. The molecule has 0 aliphatic rings. The van der Waals surface area contributed by atoms with Gasteiger partial charge in [0.05, 0.1) is 24.2 Å². The van der Waals surface area contributed by atoms with E-state index in [1.54, 1.807) is 67.2 Å². The summed E-state index contributed by atoms with van der Waals surface area (Å²) in [6, 6.07) is 14.0. The summed E-state index contributed by atoms with van der Waals surface area (Å²) in [7, 11) is -2.42. The smallest absolute Gasteiger partial charge is 0.372 e. The Bertz CT molecular complexity index is 1420. The van der Waals surface area contributed by atoms with Crippen LogP contribution in [0, 0.1) is 32.2 Å². The summed E-state index contributed by atoms with van der Waals surface area (Å²) in [5.74, 6) is -0.123. The number of pyridine rings is 1. The molecular formula is C26H29N6O4S+. The number of carbonyl (C=O) groups excluding carboxylic acids is 1. The Kier molecular flexibility index (Phi) is 8.81. The quantitative estimate of drug-likeness (QED) is 0.104. The zero-order valence-electron chi connectivity index (χ0n) is 21.1. The zero-order chi connectivity index (χ0) is 27.0. The molecule has 1 heterocycles. The Balaban J connectivity index is 1.67. The van der Waals surface area contributed by atoms with E-state index >= 15 is 0 Å². The Morgan fingerprint density at radius 1 is 1.03 bits per heavy atom. The topological polar surface area (TPSA) is 137 Å². The number of aromatic nitrogens is 1. The number of sulfonamides is 1. The van der Waals surface area contributed by atoms with Crippen LogP contribution in [0.3, 0.4) is 0 Å². The molecule has 0 amide bonds. The number of rotatable bonds is 8. The van der Waals surface area contributed by atoms with Gasteiger partial charge in [-0.3, -0.25) is 10.0 Å². The van der Waals surface area contributed by atoms with Crippen LogP contribution in [0.1, 0.15) is 22.3 Å². The zero-order valence-corrected chi connectivity index (χ0v) is 21.9. The molecule has 10 nitrogen and oxygen atoms in total. The maximum absolute atomic E-state index is 13.0. The van der Waals surface area contributed by atoms with Gasteiger partial charge in [0.2, 0.25) is 12.5 Å². The van der Waals surface area contributed by atoms with Gasteiger partial charge in [-0.2, -0.15) is 9.83 Å². The molecule has 1 aromatic heterocycles. The number of aliphatic imine (C=N–C) groups is 1. The number of ether oxygens (including phenoxy) is 1. The number of aryl methyl sites for hydroxylation is 3. The largest absolute Gasteiger partial charge is 0.464 e. The molecule has 0 saturated heterocycles. The predicted octanol–water partition coefficient (Wildman–Crippen LogP) is 2.91. The summed E-state index contributed by atoms with van der Waals surface area (Å²) >= 11 is 0. The molecule has 2 aromatic carbocycles. The number of nitrogens with zero attached hydrogens (tertiary/aromatic N) is 3. The molecule has 0 aliphatic heterocycles. The number of esters is 1. The normalized spacial score (nSPS) is 11.4. The van der Waals surface area contributed by atoms with Crippen molar-refractivity contribution in [1.29, 1.82) is 5.26 Å². The summed E-state index contributed by atoms with van der Waals surface area (Å²) in [5.41, 5.74) is 4.30. The van der Waals surface area contributed by atoms with Crippen molar-refractivity contribution in [2.45, 2.75) is 38.8 Å². The number of anilines is 2. The lowest BCUT2D eigenvalue weighted by Gasteiger charge is -2.14. The molecule has 192 valence electrons. The lowest BCUT2D eigenvalue weighted by molar-refractivity contribution is -0.685. The van der Waals surface area contributed by atoms with Crippen LogP contribution in [-0.4, -0.2) is 27.5 Å². The van der Waals surface area contributed by atoms with Gasteiger partial charge in [-0.1, -0.05) is 29.8 Å². The Morgan fingerprint density at radius 3 is 2.22 bits per heavy atom. The third kappa shape index (κ3) is 7.52. The summed E-state index contributed by atoms with van der Waals surface area (Å²) in [6.45, 7) is 5.83. The highest BCUT2D eigenvalue weighted by atomic mass is 32.2. The monoisotopic (exact) mass is 521 g/mol. The third-order valence-electron chi connectivity index (χ3n) is 5.37. The van der Waals surface area contributed by atoms with Crippen molar-refractivity contribution in [1.82, 2.24) is 5.32 Å². The fourth-order valence-corrected chi connectivity index (χ4v) is 5.32. The predicted molar refractivity (Wildman–Crippen MR) is 140 cm³/mol. The molecule has 0 fully saturated rings. The molecule has 0 saturated carbocycles. The van der Waals surface area contributed by atoms with Crippen LogP contribution in [0.5, 0.6) is 0 Å². The van der Waals surface area contributed by atoms with Crippen molar-refractivity contribution in [3.63, 3.8) is 0 Å². The second-order valence-electron chi connectivity index (χ2n) is 8.39. The maximum Gasteiger partial charge on any atom is 0.372 e. The van der Waals surface area contributed by atoms with Crippen LogP contribution in [0.15, 0.2) is 70.8 Å². The van der Waals surface area contributed by atoms with Crippen molar-refractivity contribution in [3.05, 3.63) is 83.2 Å². The van der Waals surface area contributed by atoms with E-state index in [2.05, 4.69) is 25.1 Å². The molecular weight excluding hydrogens is 492 g/mol. The molecule has 0 aliphatic carbocycles. The van der Waals surface area contributed by atoms with E-state index in [9.17, 15) is 13.2 Å². The first-order valence-electron chi connectivity index (χ1n) is 11.3. The van der Waals surface area contributed by atoms with Gasteiger partial charge in [0.25, 0.3) is 10.0 Å². The first-order valence-corrected chi connectivity index (χ1v) is 12.8. The molecule has 37 heavy (non-hydrogen) atoms. The Morgan fingerprint density at radius 2 is 1.65 bits per heavy atom. The lowest BCUT2D eigenvalue weighted by Crippen LogP contribution is -2.37. The fraction of sp³-hybridized carbons (Fsp3) is 0.231. The molecule has 0 unspecified atom stereocenters. The van der Waals surface area contributed by atoms with E-state index in [0.717, 1.165) is 11.1 Å². The van der Waals surface area contributed by atoms with Crippen molar-refractivity contribution in [2.24, 2.45) is 4.99 Å². The average molecular weight is 522 g/mol. The van der Waals surface area contributed by atoms with Crippen molar-refractivity contribution >= 4 is 33.3 Å². The summed E-state index contributed by atoms with van der Waals surface area (Å²) in [4.78, 5) is 16.1. The van der Waals surface area contributed by atoms with E-state index in [-0.39, 0.29) is 29.9 Å². The van der Waals surface area contributed by atoms with Gasteiger partial charge in [-0.25, -0.2) is 18.2 Å². The van der Waals surface area contributed by atoms with Gasteiger partial charge < -0.3 is 10.1 Å². The van der Waals surface area contributed by atoms with E-state index < -0.39 is 10.0 Å². The second kappa shape index (κ2) is 12.0. The summed E-state index contributed by atoms with van der Waals surface area (Å²) in [6.07, 6.45) is 5.24. The first-order chi connectivity index (χ1) is 17.6. The highest BCUT2D eigenvalue weighted by Gasteiger charge is 2.20. The van der Waals surface area contributed by atoms with Gasteiger partial charge in [0.1, 0.15) is 0 Å². The minimum Gasteiger partial charge on any atom is -0.464 e. The van der Waals surface area contributed by atoms with Crippen molar-refractivity contribution in [2.75, 3.05) is 17.1 Å². The van der Waals surface area contributed by atoms with Crippen molar-refractivity contribution < 1.29 is 22.5 Å². The minimum atomic E-state index is -3.74. The number of hydrogen-bond donors (Lipinski definition) is 3. The highest BCUT2D eigenvalue weighted by molar-refractivity contribution is 7.92. The van der Waals surface area contributed by atoms with Crippen LogP contribution in [0.25, 0.3) is 0 Å². The molecule has 0 radical (unpaired) electrons. The highest BCUT2D eigenvalue weighted by Crippen LogP contribution is 2.24. The third-order valence-corrected chi connectivity index (χ3v) is 7.05. The molecule has 3 rings (SSSR count).